The van der Waals surface area contributed by atoms with Gasteiger partial charge < -0.3 is 9.84 Å². The number of benzene rings is 2. The molecule has 3 nitrogen and oxygen atoms in total. The molecule has 2 rings (SSSR count). The molecule has 0 radical (unpaired) electrons. The molecule has 0 fully saturated rings. The second kappa shape index (κ2) is 11.5. The highest BCUT2D eigenvalue weighted by Gasteiger charge is 2.13. The van der Waals surface area contributed by atoms with E-state index < -0.39 is 5.97 Å². The summed E-state index contributed by atoms with van der Waals surface area (Å²) in [6.45, 7) is 7.59. The zero-order valence-electron chi connectivity index (χ0n) is 17.1. The van der Waals surface area contributed by atoms with Gasteiger partial charge in [0.05, 0.1) is 6.61 Å². The summed E-state index contributed by atoms with van der Waals surface area (Å²) in [6, 6.07) is 17.2. The fourth-order valence-corrected chi connectivity index (χ4v) is 3.10. The second-order valence-corrected chi connectivity index (χ2v) is 7.48. The molecular weight excluding hydrogens is 348 g/mol. The molecule has 0 aromatic heterocycles. The lowest BCUT2D eigenvalue weighted by Crippen LogP contribution is -2.19. The van der Waals surface area contributed by atoms with Crippen LogP contribution in [0.1, 0.15) is 44.2 Å². The van der Waals surface area contributed by atoms with Gasteiger partial charge in [0.15, 0.2) is 0 Å². The summed E-state index contributed by atoms with van der Waals surface area (Å²) in [5, 5.41) is 9.56. The molecule has 1 atom stereocenters. The summed E-state index contributed by atoms with van der Waals surface area (Å²) in [6.07, 6.45) is 5.59. The number of hydrogen-bond acceptors (Lipinski definition) is 3. The first kappa shape index (κ1) is 21.9. The smallest absolute Gasteiger partial charge is 0.333 e. The minimum atomic E-state index is -0.410. The minimum Gasteiger partial charge on any atom is -0.462 e. The number of carbonyl (C=O) groups is 1. The van der Waals surface area contributed by atoms with Gasteiger partial charge in [-0.2, -0.15) is 0 Å². The Balaban J connectivity index is 1.93. The molecule has 0 heterocycles. The zero-order valence-corrected chi connectivity index (χ0v) is 17.1. The molecule has 0 aliphatic heterocycles. The third-order valence-electron chi connectivity index (χ3n) is 4.89. The van der Waals surface area contributed by atoms with Crippen molar-refractivity contribution >= 4 is 5.97 Å². The molecule has 2 aromatic carbocycles. The zero-order chi connectivity index (χ0) is 20.4. The average Bonchev–Trinajstić information content (AvgIpc) is 2.72. The number of carbonyl (C=O) groups excluding carboxylic acids is 1. The van der Waals surface area contributed by atoms with E-state index in [4.69, 9.17) is 4.74 Å². The highest BCUT2D eigenvalue weighted by atomic mass is 16.5. The molecule has 0 saturated carbocycles. The van der Waals surface area contributed by atoms with Crippen molar-refractivity contribution in [2.24, 2.45) is 5.92 Å². The van der Waals surface area contributed by atoms with Crippen molar-refractivity contribution in [3.05, 3.63) is 71.8 Å². The number of rotatable bonds is 11. The van der Waals surface area contributed by atoms with Crippen molar-refractivity contribution in [2.75, 3.05) is 13.2 Å². The van der Waals surface area contributed by atoms with Gasteiger partial charge in [-0.05, 0) is 48.4 Å². The van der Waals surface area contributed by atoms with Gasteiger partial charge in [0.2, 0.25) is 0 Å². The van der Waals surface area contributed by atoms with Crippen LogP contribution in [0.2, 0.25) is 0 Å². The Kier molecular flexibility index (Phi) is 8.96. The van der Waals surface area contributed by atoms with Crippen molar-refractivity contribution in [3.8, 4) is 11.1 Å². The van der Waals surface area contributed by atoms with Gasteiger partial charge in [0.25, 0.3) is 0 Å². The lowest BCUT2D eigenvalue weighted by Gasteiger charge is -2.15. The first-order valence-corrected chi connectivity index (χ1v) is 10.1. The topological polar surface area (TPSA) is 46.5 Å². The van der Waals surface area contributed by atoms with Crippen molar-refractivity contribution in [3.63, 3.8) is 0 Å². The number of aliphatic hydroxyl groups excluding tert-OH is 1. The molecule has 0 aliphatic carbocycles. The number of hydrogen-bond donors (Lipinski definition) is 1. The molecular formula is C25H32O3. The second-order valence-electron chi connectivity index (χ2n) is 7.48. The van der Waals surface area contributed by atoms with Gasteiger partial charge >= 0.3 is 5.97 Å². The lowest BCUT2D eigenvalue weighted by atomic mass is 9.97. The van der Waals surface area contributed by atoms with Gasteiger partial charge in [-0.3, -0.25) is 0 Å². The Morgan fingerprint density at radius 3 is 2.07 bits per heavy atom. The molecule has 150 valence electrons. The third kappa shape index (κ3) is 6.97. The predicted molar refractivity (Wildman–Crippen MR) is 115 cm³/mol. The van der Waals surface area contributed by atoms with Crippen LogP contribution in [0.3, 0.4) is 0 Å². The molecule has 0 aliphatic rings. The van der Waals surface area contributed by atoms with Gasteiger partial charge in [0.1, 0.15) is 0 Å². The predicted octanol–water partition coefficient (Wildman–Crippen LogP) is 5.36. The van der Waals surface area contributed by atoms with Crippen molar-refractivity contribution in [2.45, 2.75) is 46.0 Å². The highest BCUT2D eigenvalue weighted by Crippen LogP contribution is 2.22. The summed E-state index contributed by atoms with van der Waals surface area (Å²) < 4.78 is 5.17. The van der Waals surface area contributed by atoms with Gasteiger partial charge in [-0.1, -0.05) is 74.9 Å². The first-order chi connectivity index (χ1) is 13.5. The molecule has 2 aromatic rings. The van der Waals surface area contributed by atoms with Gasteiger partial charge in [-0.15, -0.1) is 0 Å². The molecule has 1 N–H and O–H groups in total. The van der Waals surface area contributed by atoms with Crippen LogP contribution in [0.25, 0.3) is 11.1 Å². The molecule has 28 heavy (non-hydrogen) atoms. The Hall–Kier alpha value is -2.39. The standard InChI is InChI=1S/C25H32O3/c1-4-5-6-7-20-8-12-23(13-9-20)24-14-10-21(11-15-24)16-22(17-26)18-28-25(27)19(2)3/h8-15,22,26H,2,4-7,16-18H2,1,3H3. The van der Waals surface area contributed by atoms with Gasteiger partial charge in [0, 0.05) is 18.1 Å². The number of aryl methyl sites for hydroxylation is 1. The SMILES string of the molecule is C=C(C)C(=O)OCC(CO)Cc1ccc(-c2ccc(CCCCC)cc2)cc1. The summed E-state index contributed by atoms with van der Waals surface area (Å²) in [5.74, 6) is -0.525. The van der Waals surface area contributed by atoms with E-state index in [1.54, 1.807) is 6.92 Å². The number of unbranched alkanes of at least 4 members (excludes halogenated alkanes) is 2. The van der Waals surface area contributed by atoms with E-state index >= 15 is 0 Å². The average molecular weight is 381 g/mol. The monoisotopic (exact) mass is 380 g/mol. The molecule has 1 unspecified atom stereocenters. The van der Waals surface area contributed by atoms with Crippen molar-refractivity contribution in [1.82, 2.24) is 0 Å². The van der Waals surface area contributed by atoms with Crippen LogP contribution in [0.5, 0.6) is 0 Å². The van der Waals surface area contributed by atoms with E-state index in [-0.39, 0.29) is 19.1 Å². The highest BCUT2D eigenvalue weighted by molar-refractivity contribution is 5.86. The number of esters is 1. The van der Waals surface area contributed by atoms with E-state index in [2.05, 4.69) is 62.0 Å². The van der Waals surface area contributed by atoms with Crippen molar-refractivity contribution in [1.29, 1.82) is 0 Å². The molecule has 0 bridgehead atoms. The Bertz CT molecular complexity index is 744. The lowest BCUT2D eigenvalue weighted by molar-refractivity contribution is -0.140. The van der Waals surface area contributed by atoms with E-state index in [1.165, 1.54) is 36.0 Å². The summed E-state index contributed by atoms with van der Waals surface area (Å²) in [4.78, 5) is 11.5. The Morgan fingerprint density at radius 1 is 1.00 bits per heavy atom. The first-order valence-electron chi connectivity index (χ1n) is 10.1. The summed E-state index contributed by atoms with van der Waals surface area (Å²) in [7, 11) is 0. The maximum Gasteiger partial charge on any atom is 0.333 e. The Labute approximate surface area is 169 Å². The molecule has 0 saturated heterocycles. The van der Waals surface area contributed by atoms with Crippen LogP contribution in [0.15, 0.2) is 60.7 Å². The van der Waals surface area contributed by atoms with Crippen LogP contribution in [-0.2, 0) is 22.4 Å². The van der Waals surface area contributed by atoms with E-state index in [0.717, 1.165) is 12.0 Å². The van der Waals surface area contributed by atoms with E-state index in [9.17, 15) is 9.90 Å². The van der Waals surface area contributed by atoms with Crippen LogP contribution in [-0.4, -0.2) is 24.3 Å². The minimum absolute atomic E-state index is 0.0231. The largest absolute Gasteiger partial charge is 0.462 e. The summed E-state index contributed by atoms with van der Waals surface area (Å²) >= 11 is 0. The third-order valence-corrected chi connectivity index (χ3v) is 4.89. The van der Waals surface area contributed by atoms with Crippen LogP contribution in [0, 0.1) is 5.92 Å². The molecule has 0 spiro atoms. The van der Waals surface area contributed by atoms with Gasteiger partial charge in [-0.25, -0.2) is 4.79 Å². The van der Waals surface area contributed by atoms with Crippen molar-refractivity contribution < 1.29 is 14.6 Å². The maximum atomic E-state index is 11.5. The van der Waals surface area contributed by atoms with Crippen LogP contribution >= 0.6 is 0 Å². The summed E-state index contributed by atoms with van der Waals surface area (Å²) in [5.41, 5.74) is 5.27. The van der Waals surface area contributed by atoms with E-state index in [1.807, 2.05) is 0 Å². The quantitative estimate of drug-likeness (QED) is 0.324. The van der Waals surface area contributed by atoms with E-state index in [0.29, 0.717) is 12.0 Å². The Morgan fingerprint density at radius 2 is 1.57 bits per heavy atom. The number of ether oxygens (including phenoxy) is 1. The molecule has 0 amide bonds. The fourth-order valence-electron chi connectivity index (χ4n) is 3.10. The molecule has 3 heteroatoms. The maximum absolute atomic E-state index is 11.5. The van der Waals surface area contributed by atoms with Crippen LogP contribution in [0.4, 0.5) is 0 Å². The normalized spacial score (nSPS) is 11.8. The fraction of sp³-hybridized carbons (Fsp3) is 0.400. The number of aliphatic hydroxyl groups is 1. The van der Waals surface area contributed by atoms with Crippen LogP contribution < -0.4 is 0 Å².